The average Bonchev–Trinajstić information content (AvgIpc) is 2.94. The van der Waals surface area contributed by atoms with Crippen molar-refractivity contribution in [1.29, 1.82) is 5.26 Å². The fourth-order valence-electron chi connectivity index (χ4n) is 2.11. The summed E-state index contributed by atoms with van der Waals surface area (Å²) in [5.74, 6) is 1.50. The molecule has 0 spiro atoms. The second-order valence-corrected chi connectivity index (χ2v) is 4.69. The normalized spacial score (nSPS) is 12.0. The molecule has 20 heavy (non-hydrogen) atoms. The summed E-state index contributed by atoms with van der Waals surface area (Å²) in [5.41, 5.74) is 2.12. The summed E-state index contributed by atoms with van der Waals surface area (Å²) < 4.78 is 10.8. The zero-order chi connectivity index (χ0) is 13.9. The minimum atomic E-state index is 0.243. The molecule has 1 aliphatic heterocycles. The fourth-order valence-corrected chi connectivity index (χ4v) is 2.32. The molecule has 2 aromatic rings. The molecule has 4 nitrogen and oxygen atoms in total. The lowest BCUT2D eigenvalue weighted by Crippen LogP contribution is -2.03. The SMILES string of the molecule is N#Cc1c(Cl)cccc1NCc1cccc2c1OCO2. The number of ether oxygens (including phenoxy) is 2. The first-order valence-electron chi connectivity index (χ1n) is 6.09. The van der Waals surface area contributed by atoms with Gasteiger partial charge in [0.2, 0.25) is 6.79 Å². The Morgan fingerprint density at radius 3 is 2.90 bits per heavy atom. The Kier molecular flexibility index (Phi) is 3.36. The third kappa shape index (κ3) is 2.24. The van der Waals surface area contributed by atoms with Crippen molar-refractivity contribution >= 4 is 17.3 Å². The summed E-state index contributed by atoms with van der Waals surface area (Å²) in [6, 6.07) is 13.2. The molecule has 5 heteroatoms. The highest BCUT2D eigenvalue weighted by molar-refractivity contribution is 6.32. The molecule has 0 saturated heterocycles. The predicted octanol–water partition coefficient (Wildman–Crippen LogP) is 3.55. The summed E-state index contributed by atoms with van der Waals surface area (Å²) >= 11 is 6.00. The van der Waals surface area contributed by atoms with E-state index < -0.39 is 0 Å². The van der Waals surface area contributed by atoms with Crippen LogP contribution in [0, 0.1) is 11.3 Å². The van der Waals surface area contributed by atoms with Crippen molar-refractivity contribution in [1.82, 2.24) is 0 Å². The van der Waals surface area contributed by atoms with Gasteiger partial charge in [-0.25, -0.2) is 0 Å². The van der Waals surface area contributed by atoms with E-state index in [4.69, 9.17) is 26.3 Å². The molecule has 100 valence electrons. The van der Waals surface area contributed by atoms with Crippen molar-refractivity contribution in [2.45, 2.75) is 6.54 Å². The smallest absolute Gasteiger partial charge is 0.231 e. The third-order valence-corrected chi connectivity index (χ3v) is 3.39. The molecule has 0 saturated carbocycles. The molecular formula is C15H11ClN2O2. The summed E-state index contributed by atoms with van der Waals surface area (Å²) in [6.07, 6.45) is 0. The maximum atomic E-state index is 9.13. The lowest BCUT2D eigenvalue weighted by Gasteiger charge is -2.10. The molecular weight excluding hydrogens is 276 g/mol. The van der Waals surface area contributed by atoms with Crippen molar-refractivity contribution in [3.05, 3.63) is 52.5 Å². The van der Waals surface area contributed by atoms with Crippen LogP contribution in [0.5, 0.6) is 11.5 Å². The molecule has 0 amide bonds. The Bertz CT molecular complexity index is 695. The van der Waals surface area contributed by atoms with Gasteiger partial charge in [0.1, 0.15) is 6.07 Å². The van der Waals surface area contributed by atoms with Gasteiger partial charge in [0.05, 0.1) is 16.3 Å². The van der Waals surface area contributed by atoms with Crippen LogP contribution in [0.15, 0.2) is 36.4 Å². The Morgan fingerprint density at radius 2 is 2.05 bits per heavy atom. The molecule has 0 aromatic heterocycles. The maximum absolute atomic E-state index is 9.13. The van der Waals surface area contributed by atoms with Crippen LogP contribution in [0.25, 0.3) is 0 Å². The zero-order valence-electron chi connectivity index (χ0n) is 10.5. The highest BCUT2D eigenvalue weighted by Gasteiger charge is 2.17. The minimum absolute atomic E-state index is 0.243. The van der Waals surface area contributed by atoms with Crippen molar-refractivity contribution in [3.8, 4) is 17.6 Å². The van der Waals surface area contributed by atoms with E-state index in [0.29, 0.717) is 22.8 Å². The van der Waals surface area contributed by atoms with E-state index in [1.54, 1.807) is 12.1 Å². The molecule has 1 N–H and O–H groups in total. The summed E-state index contributed by atoms with van der Waals surface area (Å²) in [5, 5.41) is 12.8. The standard InChI is InChI=1S/C15H11ClN2O2/c16-12-4-2-5-13(11(12)7-17)18-8-10-3-1-6-14-15(10)20-9-19-14/h1-6,18H,8-9H2. The Hall–Kier alpha value is -2.38. The van der Waals surface area contributed by atoms with Crippen LogP contribution in [0.1, 0.15) is 11.1 Å². The van der Waals surface area contributed by atoms with Gasteiger partial charge in [-0.3, -0.25) is 0 Å². The molecule has 0 fully saturated rings. The second kappa shape index (κ2) is 5.32. The van der Waals surface area contributed by atoms with Crippen LogP contribution >= 0.6 is 11.6 Å². The van der Waals surface area contributed by atoms with Gasteiger partial charge < -0.3 is 14.8 Å². The van der Waals surface area contributed by atoms with E-state index in [2.05, 4.69) is 11.4 Å². The number of benzene rings is 2. The van der Waals surface area contributed by atoms with E-state index >= 15 is 0 Å². The average molecular weight is 287 g/mol. The lowest BCUT2D eigenvalue weighted by atomic mass is 10.1. The number of para-hydroxylation sites is 1. The van der Waals surface area contributed by atoms with E-state index in [0.717, 1.165) is 17.1 Å². The van der Waals surface area contributed by atoms with Gasteiger partial charge >= 0.3 is 0 Å². The molecule has 2 aromatic carbocycles. The first kappa shape index (κ1) is 12.6. The number of nitriles is 1. The number of nitrogens with zero attached hydrogens (tertiary/aromatic N) is 1. The highest BCUT2D eigenvalue weighted by Crippen LogP contribution is 2.35. The molecule has 0 aliphatic carbocycles. The summed E-state index contributed by atoms with van der Waals surface area (Å²) in [7, 11) is 0. The molecule has 0 atom stereocenters. The minimum Gasteiger partial charge on any atom is -0.454 e. The van der Waals surface area contributed by atoms with E-state index in [1.807, 2.05) is 24.3 Å². The number of hydrogen-bond acceptors (Lipinski definition) is 4. The maximum Gasteiger partial charge on any atom is 0.231 e. The Morgan fingerprint density at radius 1 is 1.20 bits per heavy atom. The number of fused-ring (bicyclic) bond motifs is 1. The quantitative estimate of drug-likeness (QED) is 0.937. The van der Waals surface area contributed by atoms with Crippen LogP contribution in [-0.2, 0) is 6.54 Å². The lowest BCUT2D eigenvalue weighted by molar-refractivity contribution is 0.173. The topological polar surface area (TPSA) is 54.3 Å². The van der Waals surface area contributed by atoms with Crippen LogP contribution in [-0.4, -0.2) is 6.79 Å². The van der Waals surface area contributed by atoms with Gasteiger partial charge in [-0.05, 0) is 18.2 Å². The second-order valence-electron chi connectivity index (χ2n) is 4.28. The summed E-state index contributed by atoms with van der Waals surface area (Å²) in [6.45, 7) is 0.772. The summed E-state index contributed by atoms with van der Waals surface area (Å²) in [4.78, 5) is 0. The third-order valence-electron chi connectivity index (χ3n) is 3.07. The van der Waals surface area contributed by atoms with Gasteiger partial charge in [-0.1, -0.05) is 29.8 Å². The Balaban J connectivity index is 1.83. The molecule has 3 rings (SSSR count). The van der Waals surface area contributed by atoms with Gasteiger partial charge in [-0.15, -0.1) is 0 Å². The largest absolute Gasteiger partial charge is 0.454 e. The predicted molar refractivity (Wildman–Crippen MR) is 76.1 cm³/mol. The highest BCUT2D eigenvalue weighted by atomic mass is 35.5. The molecule has 1 heterocycles. The van der Waals surface area contributed by atoms with Crippen molar-refractivity contribution < 1.29 is 9.47 Å². The van der Waals surface area contributed by atoms with Crippen molar-refractivity contribution in [2.24, 2.45) is 0 Å². The van der Waals surface area contributed by atoms with E-state index in [9.17, 15) is 0 Å². The molecule has 0 bridgehead atoms. The number of nitrogens with one attached hydrogen (secondary N) is 1. The van der Waals surface area contributed by atoms with Crippen LogP contribution in [0.4, 0.5) is 5.69 Å². The van der Waals surface area contributed by atoms with Gasteiger partial charge in [-0.2, -0.15) is 5.26 Å². The van der Waals surface area contributed by atoms with Crippen LogP contribution < -0.4 is 14.8 Å². The Labute approximate surface area is 121 Å². The number of anilines is 1. The van der Waals surface area contributed by atoms with Crippen molar-refractivity contribution in [2.75, 3.05) is 12.1 Å². The number of hydrogen-bond donors (Lipinski definition) is 1. The van der Waals surface area contributed by atoms with Crippen molar-refractivity contribution in [3.63, 3.8) is 0 Å². The van der Waals surface area contributed by atoms with Crippen LogP contribution in [0.2, 0.25) is 5.02 Å². The zero-order valence-corrected chi connectivity index (χ0v) is 11.3. The molecule has 0 unspecified atom stereocenters. The first-order valence-corrected chi connectivity index (χ1v) is 6.47. The van der Waals surface area contributed by atoms with Gasteiger partial charge in [0, 0.05) is 12.1 Å². The monoisotopic (exact) mass is 286 g/mol. The number of rotatable bonds is 3. The van der Waals surface area contributed by atoms with Crippen LogP contribution in [0.3, 0.4) is 0 Å². The molecule has 1 aliphatic rings. The van der Waals surface area contributed by atoms with Gasteiger partial charge in [0.25, 0.3) is 0 Å². The van der Waals surface area contributed by atoms with Gasteiger partial charge in [0.15, 0.2) is 11.5 Å². The molecule has 0 radical (unpaired) electrons. The number of halogens is 1. The fraction of sp³-hybridized carbons (Fsp3) is 0.133. The van der Waals surface area contributed by atoms with E-state index in [-0.39, 0.29) is 6.79 Å². The van der Waals surface area contributed by atoms with E-state index in [1.165, 1.54) is 0 Å². The first-order chi connectivity index (χ1) is 9.79.